The van der Waals surface area contributed by atoms with Crippen LogP contribution in [0.1, 0.15) is 15.9 Å². The summed E-state index contributed by atoms with van der Waals surface area (Å²) in [5, 5.41) is 13.3. The molecule has 0 bridgehead atoms. The van der Waals surface area contributed by atoms with E-state index in [4.69, 9.17) is 5.73 Å². The number of amides is 1. The van der Waals surface area contributed by atoms with Crippen molar-refractivity contribution in [2.24, 2.45) is 5.73 Å². The van der Waals surface area contributed by atoms with Gasteiger partial charge in [0.15, 0.2) is 0 Å². The zero-order valence-corrected chi connectivity index (χ0v) is 10.8. The van der Waals surface area contributed by atoms with Crippen LogP contribution < -0.4 is 16.6 Å². The van der Waals surface area contributed by atoms with Gasteiger partial charge < -0.3 is 20.7 Å². The fourth-order valence-corrected chi connectivity index (χ4v) is 2.70. The van der Waals surface area contributed by atoms with Gasteiger partial charge in [0, 0.05) is 25.0 Å². The Labute approximate surface area is 114 Å². The van der Waals surface area contributed by atoms with Crippen LogP contribution in [0.2, 0.25) is 0 Å². The molecule has 1 amide bonds. The number of pyridine rings is 1. The third-order valence-corrected chi connectivity index (χ3v) is 3.60. The summed E-state index contributed by atoms with van der Waals surface area (Å²) in [5.41, 5.74) is 6.42. The van der Waals surface area contributed by atoms with Crippen molar-refractivity contribution in [3.63, 3.8) is 0 Å². The molecule has 1 aliphatic rings. The van der Waals surface area contributed by atoms with Gasteiger partial charge >= 0.3 is 0 Å². The van der Waals surface area contributed by atoms with Gasteiger partial charge in [-0.05, 0) is 18.1 Å². The topological polar surface area (TPSA) is 97.3 Å². The molecular weight excluding hydrogens is 258 g/mol. The zero-order valence-electron chi connectivity index (χ0n) is 10.8. The third kappa shape index (κ3) is 1.69. The molecule has 1 aliphatic heterocycles. The Morgan fingerprint density at radius 2 is 2.25 bits per heavy atom. The maximum atomic E-state index is 12.4. The molecule has 0 spiro atoms. The molecular formula is C14H15N3O3. The minimum absolute atomic E-state index is 0.204. The van der Waals surface area contributed by atoms with Gasteiger partial charge in [-0.25, -0.2) is 0 Å². The molecule has 0 saturated heterocycles. The highest BCUT2D eigenvalue weighted by molar-refractivity contribution is 6.03. The number of aryl methyl sites for hydroxylation is 2. The van der Waals surface area contributed by atoms with Crippen LogP contribution in [0.25, 0.3) is 10.9 Å². The van der Waals surface area contributed by atoms with E-state index < -0.39 is 11.5 Å². The van der Waals surface area contributed by atoms with Gasteiger partial charge in [-0.3, -0.25) is 9.59 Å². The summed E-state index contributed by atoms with van der Waals surface area (Å²) in [4.78, 5) is 24.4. The Hall–Kier alpha value is -2.34. The van der Waals surface area contributed by atoms with E-state index in [2.05, 4.69) is 5.32 Å². The Bertz CT molecular complexity index is 764. The molecule has 6 nitrogen and oxygen atoms in total. The lowest BCUT2D eigenvalue weighted by molar-refractivity contribution is 0.0950. The van der Waals surface area contributed by atoms with Crippen LogP contribution in [0.5, 0.6) is 5.75 Å². The fraction of sp³-hybridized carbons (Fsp3) is 0.286. The summed E-state index contributed by atoms with van der Waals surface area (Å²) in [6, 6.07) is 5.47. The average molecular weight is 273 g/mol. The van der Waals surface area contributed by atoms with Gasteiger partial charge in [-0.15, -0.1) is 0 Å². The van der Waals surface area contributed by atoms with E-state index >= 15 is 0 Å². The number of carbonyl (C=O) groups excluding carboxylic acids is 1. The van der Waals surface area contributed by atoms with Crippen LogP contribution in [0.15, 0.2) is 23.0 Å². The molecule has 0 fully saturated rings. The normalized spacial score (nSPS) is 12.8. The first kappa shape index (κ1) is 12.7. The number of hydrogen-bond acceptors (Lipinski definition) is 4. The van der Waals surface area contributed by atoms with Crippen molar-refractivity contribution in [2.45, 2.75) is 13.0 Å². The van der Waals surface area contributed by atoms with E-state index in [9.17, 15) is 14.7 Å². The largest absolute Gasteiger partial charge is 0.506 e. The molecule has 6 heteroatoms. The Morgan fingerprint density at radius 3 is 3.00 bits per heavy atom. The van der Waals surface area contributed by atoms with Crippen LogP contribution in [0.3, 0.4) is 0 Å². The Kier molecular flexibility index (Phi) is 2.94. The molecule has 0 aliphatic carbocycles. The van der Waals surface area contributed by atoms with Crippen molar-refractivity contribution >= 4 is 16.8 Å². The lowest BCUT2D eigenvalue weighted by atomic mass is 10.1. The summed E-state index contributed by atoms with van der Waals surface area (Å²) in [6.45, 7) is 1.07. The number of aromatic hydroxyl groups is 1. The monoisotopic (exact) mass is 273 g/mol. The van der Waals surface area contributed by atoms with E-state index in [1.54, 1.807) is 10.6 Å². The maximum absolute atomic E-state index is 12.4. The number of hydrogen-bond donors (Lipinski definition) is 3. The smallest absolute Gasteiger partial charge is 0.267 e. The van der Waals surface area contributed by atoms with Gasteiger partial charge in [-0.2, -0.15) is 0 Å². The van der Waals surface area contributed by atoms with Crippen molar-refractivity contribution in [1.29, 1.82) is 0 Å². The molecule has 3 rings (SSSR count). The van der Waals surface area contributed by atoms with Crippen LogP contribution >= 0.6 is 0 Å². The average Bonchev–Trinajstić information content (AvgIpc) is 2.88. The number of nitrogens with zero attached hydrogens (tertiary/aromatic N) is 1. The summed E-state index contributed by atoms with van der Waals surface area (Å²) < 4.78 is 1.56. The summed E-state index contributed by atoms with van der Waals surface area (Å²) in [7, 11) is 0. The van der Waals surface area contributed by atoms with Gasteiger partial charge in [-0.1, -0.05) is 12.1 Å². The second-order valence-electron chi connectivity index (χ2n) is 4.79. The molecule has 0 unspecified atom stereocenters. The van der Waals surface area contributed by atoms with Crippen molar-refractivity contribution < 1.29 is 9.90 Å². The van der Waals surface area contributed by atoms with Crippen molar-refractivity contribution in [3.05, 3.63) is 39.7 Å². The molecule has 4 N–H and O–H groups in total. The van der Waals surface area contributed by atoms with Gasteiger partial charge in [0.1, 0.15) is 11.3 Å². The van der Waals surface area contributed by atoms with Crippen LogP contribution in [-0.2, 0) is 13.0 Å². The lowest BCUT2D eigenvalue weighted by Gasteiger charge is -2.11. The third-order valence-electron chi connectivity index (χ3n) is 3.60. The number of para-hydroxylation sites is 1. The second kappa shape index (κ2) is 4.64. The first-order valence-electron chi connectivity index (χ1n) is 6.50. The zero-order chi connectivity index (χ0) is 14.3. The van der Waals surface area contributed by atoms with E-state index in [-0.39, 0.29) is 24.4 Å². The highest BCUT2D eigenvalue weighted by Gasteiger charge is 2.25. The lowest BCUT2D eigenvalue weighted by Crippen LogP contribution is -2.35. The number of nitrogens with two attached hydrogens (primary N) is 1. The number of carbonyl (C=O) groups is 1. The van der Waals surface area contributed by atoms with E-state index in [0.29, 0.717) is 11.9 Å². The second-order valence-corrected chi connectivity index (χ2v) is 4.79. The summed E-state index contributed by atoms with van der Waals surface area (Å²) >= 11 is 0. The standard InChI is InChI=1S/C14H15N3O3/c15-5-6-16-13(19)10-12(18)9-3-1-2-8-4-7-17(11(8)9)14(10)20/h1-3,18H,4-7,15H2,(H,16,19). The van der Waals surface area contributed by atoms with Crippen molar-refractivity contribution in [2.75, 3.05) is 13.1 Å². The molecule has 20 heavy (non-hydrogen) atoms. The van der Waals surface area contributed by atoms with Gasteiger partial charge in [0.05, 0.1) is 5.52 Å². The summed E-state index contributed by atoms with van der Waals surface area (Å²) in [5.74, 6) is -0.833. The minimum atomic E-state index is -0.582. The predicted molar refractivity (Wildman–Crippen MR) is 75.0 cm³/mol. The highest BCUT2D eigenvalue weighted by Crippen LogP contribution is 2.31. The molecule has 1 aromatic carbocycles. The summed E-state index contributed by atoms with van der Waals surface area (Å²) in [6.07, 6.45) is 0.736. The van der Waals surface area contributed by atoms with Crippen molar-refractivity contribution in [1.82, 2.24) is 9.88 Å². The number of aromatic nitrogens is 1. The maximum Gasteiger partial charge on any atom is 0.267 e. The molecule has 1 aromatic heterocycles. The minimum Gasteiger partial charge on any atom is -0.506 e. The first-order chi connectivity index (χ1) is 9.65. The van der Waals surface area contributed by atoms with E-state index in [1.165, 1.54) is 0 Å². The predicted octanol–water partition coefficient (Wildman–Crippen LogP) is -0.0483. The number of nitrogens with one attached hydrogen (secondary N) is 1. The first-order valence-corrected chi connectivity index (χ1v) is 6.50. The van der Waals surface area contributed by atoms with Gasteiger partial charge in [0.25, 0.3) is 11.5 Å². The van der Waals surface area contributed by atoms with Gasteiger partial charge in [0.2, 0.25) is 0 Å². The molecule has 2 aromatic rings. The van der Waals surface area contributed by atoms with Crippen LogP contribution in [0, 0.1) is 0 Å². The molecule has 0 atom stereocenters. The fourth-order valence-electron chi connectivity index (χ4n) is 2.70. The van der Waals surface area contributed by atoms with Crippen molar-refractivity contribution in [3.8, 4) is 5.75 Å². The van der Waals surface area contributed by atoms with E-state index in [0.717, 1.165) is 17.5 Å². The van der Waals surface area contributed by atoms with Crippen LogP contribution in [0.4, 0.5) is 0 Å². The van der Waals surface area contributed by atoms with Crippen LogP contribution in [-0.4, -0.2) is 28.7 Å². The molecule has 0 saturated carbocycles. The Balaban J connectivity index is 2.26. The number of benzene rings is 1. The molecule has 2 heterocycles. The SMILES string of the molecule is NCCNC(=O)c1c(O)c2cccc3c2n(c1=O)CC3. The Morgan fingerprint density at radius 1 is 1.45 bits per heavy atom. The molecule has 104 valence electrons. The molecule has 0 radical (unpaired) electrons. The number of rotatable bonds is 3. The van der Waals surface area contributed by atoms with E-state index in [1.807, 2.05) is 12.1 Å². The highest BCUT2D eigenvalue weighted by atomic mass is 16.3. The quantitative estimate of drug-likeness (QED) is 0.730.